The Labute approximate surface area is 161 Å². The molecule has 4 heterocycles. The van der Waals surface area contributed by atoms with Crippen LogP contribution in [0, 0.1) is 12.8 Å². The van der Waals surface area contributed by atoms with Crippen LogP contribution in [0.15, 0.2) is 12.3 Å². The molecule has 148 valence electrons. The van der Waals surface area contributed by atoms with Gasteiger partial charge < -0.3 is 14.5 Å². The maximum atomic E-state index is 12.9. The van der Waals surface area contributed by atoms with Gasteiger partial charge in [-0.3, -0.25) is 9.69 Å². The predicted octanol–water partition coefficient (Wildman–Crippen LogP) is 1.32. The highest BCUT2D eigenvalue weighted by Gasteiger charge is 2.34. The number of aryl methyl sites for hydroxylation is 1. The molecule has 7 heteroatoms. The predicted molar refractivity (Wildman–Crippen MR) is 104 cm³/mol. The van der Waals surface area contributed by atoms with E-state index in [0.717, 1.165) is 76.6 Å². The third-order valence-electron chi connectivity index (χ3n) is 6.19. The lowest BCUT2D eigenvalue weighted by atomic mass is 9.92. The molecule has 3 fully saturated rings. The molecular formula is C20H31N5O2. The van der Waals surface area contributed by atoms with Crippen LogP contribution in [0.4, 0.5) is 5.82 Å². The number of morpholine rings is 1. The van der Waals surface area contributed by atoms with Gasteiger partial charge in [0.15, 0.2) is 0 Å². The Kier molecular flexibility index (Phi) is 5.88. The molecule has 1 atom stereocenters. The number of hydrogen-bond donors (Lipinski definition) is 0. The van der Waals surface area contributed by atoms with Crippen LogP contribution >= 0.6 is 0 Å². The maximum absolute atomic E-state index is 12.9. The lowest BCUT2D eigenvalue weighted by molar-refractivity contribution is -0.141. The Hall–Kier alpha value is -1.73. The third-order valence-corrected chi connectivity index (χ3v) is 6.19. The first kappa shape index (κ1) is 18.6. The molecule has 3 saturated heterocycles. The second kappa shape index (κ2) is 8.52. The molecule has 0 aromatic carbocycles. The van der Waals surface area contributed by atoms with Crippen molar-refractivity contribution in [3.05, 3.63) is 18.1 Å². The normalized spacial score (nSPS) is 25.6. The minimum absolute atomic E-state index is 0.166. The molecule has 1 aromatic heterocycles. The van der Waals surface area contributed by atoms with E-state index in [0.29, 0.717) is 25.2 Å². The lowest BCUT2D eigenvalue weighted by Crippen LogP contribution is -2.52. The monoisotopic (exact) mass is 373 g/mol. The number of nitrogens with zero attached hydrogens (tertiary/aromatic N) is 5. The fourth-order valence-corrected chi connectivity index (χ4v) is 4.66. The van der Waals surface area contributed by atoms with Crippen LogP contribution in [0.3, 0.4) is 0 Å². The lowest BCUT2D eigenvalue weighted by Gasteiger charge is -2.43. The second-order valence-electron chi connectivity index (χ2n) is 7.95. The van der Waals surface area contributed by atoms with Gasteiger partial charge >= 0.3 is 0 Å². The van der Waals surface area contributed by atoms with Crippen LogP contribution in [0.2, 0.25) is 0 Å². The summed E-state index contributed by atoms with van der Waals surface area (Å²) in [7, 11) is 0. The molecule has 1 amide bonds. The van der Waals surface area contributed by atoms with Gasteiger partial charge in [0, 0.05) is 45.0 Å². The molecule has 0 unspecified atom stereocenters. The summed E-state index contributed by atoms with van der Waals surface area (Å²) in [6.45, 7) is 8.93. The number of aromatic nitrogens is 2. The van der Waals surface area contributed by atoms with E-state index in [-0.39, 0.29) is 5.92 Å². The summed E-state index contributed by atoms with van der Waals surface area (Å²) in [5, 5.41) is 0. The van der Waals surface area contributed by atoms with Crippen LogP contribution in [-0.4, -0.2) is 84.2 Å². The van der Waals surface area contributed by atoms with E-state index < -0.39 is 0 Å². The molecule has 0 spiro atoms. The van der Waals surface area contributed by atoms with Crippen molar-refractivity contribution in [3.8, 4) is 0 Å². The van der Waals surface area contributed by atoms with E-state index in [2.05, 4.69) is 19.8 Å². The molecule has 0 radical (unpaired) electrons. The average molecular weight is 374 g/mol. The molecule has 1 aromatic rings. The van der Waals surface area contributed by atoms with Crippen molar-refractivity contribution in [2.45, 2.75) is 38.6 Å². The fourth-order valence-electron chi connectivity index (χ4n) is 4.66. The van der Waals surface area contributed by atoms with E-state index >= 15 is 0 Å². The standard InChI is InChI=1S/C20H31N5O2/c1-16-21-7-4-19(22-16)23-9-5-18(6-10-23)25-8-2-3-17(15-25)20(26)24-11-13-27-14-12-24/h4,7,17-18H,2-3,5-6,8-15H2,1H3/t17-/m0/s1. The van der Waals surface area contributed by atoms with Gasteiger partial charge in [-0.15, -0.1) is 0 Å². The van der Waals surface area contributed by atoms with Gasteiger partial charge in [0.2, 0.25) is 5.91 Å². The zero-order chi connectivity index (χ0) is 18.6. The summed E-state index contributed by atoms with van der Waals surface area (Å²) < 4.78 is 5.39. The molecular weight excluding hydrogens is 342 g/mol. The van der Waals surface area contributed by atoms with Crippen molar-refractivity contribution in [1.82, 2.24) is 19.8 Å². The molecule has 3 aliphatic heterocycles. The van der Waals surface area contributed by atoms with Gasteiger partial charge in [-0.25, -0.2) is 9.97 Å². The SMILES string of the molecule is Cc1nccc(N2CCC(N3CCC[C@H](C(=O)N4CCOCC4)C3)CC2)n1. The average Bonchev–Trinajstić information content (AvgIpc) is 2.74. The summed E-state index contributed by atoms with van der Waals surface area (Å²) >= 11 is 0. The van der Waals surface area contributed by atoms with Crippen LogP contribution in [0.5, 0.6) is 0 Å². The van der Waals surface area contributed by atoms with Crippen molar-refractivity contribution in [1.29, 1.82) is 0 Å². The Balaban J connectivity index is 1.31. The number of hydrogen-bond acceptors (Lipinski definition) is 6. The Morgan fingerprint density at radius 1 is 1.11 bits per heavy atom. The van der Waals surface area contributed by atoms with Crippen molar-refractivity contribution in [3.63, 3.8) is 0 Å². The highest BCUT2D eigenvalue weighted by Crippen LogP contribution is 2.26. The third kappa shape index (κ3) is 4.41. The van der Waals surface area contributed by atoms with Gasteiger partial charge in [-0.2, -0.15) is 0 Å². The van der Waals surface area contributed by atoms with E-state index in [1.54, 1.807) is 0 Å². The fraction of sp³-hybridized carbons (Fsp3) is 0.750. The highest BCUT2D eigenvalue weighted by atomic mass is 16.5. The molecule has 3 aliphatic rings. The number of amides is 1. The summed E-state index contributed by atoms with van der Waals surface area (Å²) in [6, 6.07) is 2.59. The molecule has 0 aliphatic carbocycles. The number of likely N-dealkylation sites (tertiary alicyclic amines) is 1. The zero-order valence-corrected chi connectivity index (χ0v) is 16.3. The minimum atomic E-state index is 0.166. The number of anilines is 1. The maximum Gasteiger partial charge on any atom is 0.227 e. The smallest absolute Gasteiger partial charge is 0.227 e. The number of piperidine rings is 2. The van der Waals surface area contributed by atoms with Crippen molar-refractivity contribution >= 4 is 11.7 Å². The first-order valence-electron chi connectivity index (χ1n) is 10.4. The number of ether oxygens (including phenoxy) is 1. The quantitative estimate of drug-likeness (QED) is 0.797. The number of carbonyl (C=O) groups is 1. The van der Waals surface area contributed by atoms with Crippen LogP contribution in [-0.2, 0) is 9.53 Å². The first-order chi connectivity index (χ1) is 13.2. The number of carbonyl (C=O) groups excluding carboxylic acids is 1. The highest BCUT2D eigenvalue weighted by molar-refractivity contribution is 5.79. The van der Waals surface area contributed by atoms with Gasteiger partial charge in [0.1, 0.15) is 11.6 Å². The van der Waals surface area contributed by atoms with Gasteiger partial charge in [-0.05, 0) is 45.2 Å². The summed E-state index contributed by atoms with van der Waals surface area (Å²) in [6.07, 6.45) is 6.29. The van der Waals surface area contributed by atoms with Crippen molar-refractivity contribution < 1.29 is 9.53 Å². The van der Waals surface area contributed by atoms with Gasteiger partial charge in [0.05, 0.1) is 19.1 Å². The van der Waals surface area contributed by atoms with Crippen molar-refractivity contribution in [2.24, 2.45) is 5.92 Å². The summed E-state index contributed by atoms with van der Waals surface area (Å²) in [4.78, 5) is 28.6. The molecule has 27 heavy (non-hydrogen) atoms. The minimum Gasteiger partial charge on any atom is -0.378 e. The van der Waals surface area contributed by atoms with Crippen LogP contribution in [0.1, 0.15) is 31.5 Å². The number of rotatable bonds is 3. The van der Waals surface area contributed by atoms with Crippen LogP contribution < -0.4 is 4.90 Å². The molecule has 0 bridgehead atoms. The molecule has 4 rings (SSSR count). The van der Waals surface area contributed by atoms with E-state index in [1.165, 1.54) is 0 Å². The van der Waals surface area contributed by atoms with Gasteiger partial charge in [-0.1, -0.05) is 0 Å². The van der Waals surface area contributed by atoms with Crippen LogP contribution in [0.25, 0.3) is 0 Å². The Morgan fingerprint density at radius 3 is 2.63 bits per heavy atom. The second-order valence-corrected chi connectivity index (χ2v) is 7.95. The first-order valence-corrected chi connectivity index (χ1v) is 10.4. The van der Waals surface area contributed by atoms with Gasteiger partial charge in [0.25, 0.3) is 0 Å². The molecule has 0 saturated carbocycles. The molecule has 7 nitrogen and oxygen atoms in total. The Morgan fingerprint density at radius 2 is 1.89 bits per heavy atom. The summed E-state index contributed by atoms with van der Waals surface area (Å²) in [5.74, 6) is 2.38. The van der Waals surface area contributed by atoms with Crippen molar-refractivity contribution in [2.75, 3.05) is 57.4 Å². The zero-order valence-electron chi connectivity index (χ0n) is 16.3. The molecule has 0 N–H and O–H groups in total. The summed E-state index contributed by atoms with van der Waals surface area (Å²) in [5.41, 5.74) is 0. The largest absolute Gasteiger partial charge is 0.378 e. The Bertz CT molecular complexity index is 641. The van der Waals surface area contributed by atoms with E-state index in [4.69, 9.17) is 4.74 Å². The topological polar surface area (TPSA) is 61.8 Å². The van der Waals surface area contributed by atoms with E-state index in [9.17, 15) is 4.79 Å². The van der Waals surface area contributed by atoms with E-state index in [1.807, 2.05) is 24.1 Å².